The number of hydrogen-bond acceptors (Lipinski definition) is 2. The first-order chi connectivity index (χ1) is 17.5. The maximum Gasteiger partial charge on any atom is 0.273 e. The number of alkyl halides is 1. The SMILES string of the molecule is O=C(C1CNC[C@]12CCCc1[nH+]c(Cl)ccc12)N1CC[C@H](c2ccccc2)CC1C1CCC(F)CC1. The molecule has 36 heavy (non-hydrogen) atoms. The Morgan fingerprint density at radius 2 is 1.89 bits per heavy atom. The molecule has 0 bridgehead atoms. The molecule has 3 heterocycles. The third-order valence-corrected chi connectivity index (χ3v) is 10.00. The molecule has 192 valence electrons. The molecule has 2 aliphatic heterocycles. The lowest BCUT2D eigenvalue weighted by molar-refractivity contribution is -0.390. The molecule has 2 saturated heterocycles. The van der Waals surface area contributed by atoms with Crippen molar-refractivity contribution in [2.75, 3.05) is 19.6 Å². The van der Waals surface area contributed by atoms with Crippen LogP contribution in [0.25, 0.3) is 0 Å². The third-order valence-electron chi connectivity index (χ3n) is 9.78. The molecule has 1 amide bonds. The summed E-state index contributed by atoms with van der Waals surface area (Å²) in [6.45, 7) is 2.36. The number of likely N-dealkylation sites (tertiary alicyclic amines) is 1. The molecule has 2 aromatic rings. The molecule has 4 aliphatic rings. The number of aromatic nitrogens is 1. The highest BCUT2D eigenvalue weighted by molar-refractivity contribution is 6.28. The quantitative estimate of drug-likeness (QED) is 0.573. The number of aryl methyl sites for hydroxylation is 1. The van der Waals surface area contributed by atoms with Crippen molar-refractivity contribution in [3.8, 4) is 0 Å². The van der Waals surface area contributed by atoms with E-state index >= 15 is 0 Å². The molecule has 4 atom stereocenters. The Morgan fingerprint density at radius 3 is 2.69 bits per heavy atom. The number of rotatable bonds is 3. The Bertz CT molecular complexity index is 1090. The monoisotopic (exact) mass is 510 g/mol. The van der Waals surface area contributed by atoms with Gasteiger partial charge >= 0.3 is 0 Å². The van der Waals surface area contributed by atoms with Gasteiger partial charge in [-0.2, -0.15) is 4.98 Å². The van der Waals surface area contributed by atoms with Gasteiger partial charge in [0.05, 0.1) is 5.92 Å². The van der Waals surface area contributed by atoms with Gasteiger partial charge in [-0.1, -0.05) is 30.3 Å². The predicted molar refractivity (Wildman–Crippen MR) is 140 cm³/mol. The summed E-state index contributed by atoms with van der Waals surface area (Å²) in [5.74, 6) is 1.09. The lowest BCUT2D eigenvalue weighted by atomic mass is 9.64. The van der Waals surface area contributed by atoms with Crippen LogP contribution in [0, 0.1) is 11.8 Å². The van der Waals surface area contributed by atoms with Crippen molar-refractivity contribution in [1.29, 1.82) is 0 Å². The molecule has 1 spiro atoms. The third kappa shape index (κ3) is 4.36. The minimum Gasteiger partial charge on any atom is -0.339 e. The molecule has 6 heteroatoms. The largest absolute Gasteiger partial charge is 0.339 e. The smallest absolute Gasteiger partial charge is 0.273 e. The van der Waals surface area contributed by atoms with E-state index in [1.165, 1.54) is 16.8 Å². The van der Waals surface area contributed by atoms with Gasteiger partial charge in [0.2, 0.25) is 5.91 Å². The number of hydrogen-bond donors (Lipinski definition) is 1. The average molecular weight is 511 g/mol. The topological polar surface area (TPSA) is 46.5 Å². The number of pyridine rings is 1. The second-order valence-corrected chi connectivity index (χ2v) is 12.0. The molecule has 2 unspecified atom stereocenters. The van der Waals surface area contributed by atoms with Gasteiger partial charge in [0.15, 0.2) is 5.69 Å². The van der Waals surface area contributed by atoms with Gasteiger partial charge < -0.3 is 10.2 Å². The summed E-state index contributed by atoms with van der Waals surface area (Å²) in [7, 11) is 0. The van der Waals surface area contributed by atoms with Crippen LogP contribution in [-0.4, -0.2) is 42.7 Å². The van der Waals surface area contributed by atoms with Gasteiger partial charge in [0.25, 0.3) is 5.15 Å². The van der Waals surface area contributed by atoms with Crippen molar-refractivity contribution in [1.82, 2.24) is 10.2 Å². The highest BCUT2D eigenvalue weighted by atomic mass is 35.5. The Labute approximate surface area is 219 Å². The molecule has 2 N–H and O–H groups in total. The number of aromatic amines is 1. The number of halogens is 2. The summed E-state index contributed by atoms with van der Waals surface area (Å²) < 4.78 is 14.1. The van der Waals surface area contributed by atoms with E-state index in [2.05, 4.69) is 51.6 Å². The first kappa shape index (κ1) is 24.4. The van der Waals surface area contributed by atoms with Crippen LogP contribution in [0.1, 0.15) is 74.1 Å². The second kappa shape index (κ2) is 10.1. The summed E-state index contributed by atoms with van der Waals surface area (Å²) in [5.41, 5.74) is 3.66. The van der Waals surface area contributed by atoms with Crippen LogP contribution >= 0.6 is 11.6 Å². The fourth-order valence-corrected chi connectivity index (χ4v) is 8.10. The summed E-state index contributed by atoms with van der Waals surface area (Å²) in [5, 5.41) is 4.26. The average Bonchev–Trinajstić information content (AvgIpc) is 3.32. The maximum absolute atomic E-state index is 14.5. The highest BCUT2D eigenvalue weighted by Gasteiger charge is 2.53. The molecular weight excluding hydrogens is 473 g/mol. The molecule has 4 nitrogen and oxygen atoms in total. The first-order valence-electron chi connectivity index (χ1n) is 14.0. The van der Waals surface area contributed by atoms with Crippen LogP contribution in [0.4, 0.5) is 4.39 Å². The van der Waals surface area contributed by atoms with Crippen LogP contribution in [0.5, 0.6) is 0 Å². The zero-order chi connectivity index (χ0) is 24.7. The van der Waals surface area contributed by atoms with E-state index in [0.717, 1.165) is 64.6 Å². The van der Waals surface area contributed by atoms with E-state index in [-0.39, 0.29) is 17.4 Å². The lowest BCUT2D eigenvalue weighted by Crippen LogP contribution is -2.55. The molecule has 3 fully saturated rings. The molecule has 1 saturated carbocycles. The van der Waals surface area contributed by atoms with E-state index in [0.29, 0.717) is 35.7 Å². The van der Waals surface area contributed by atoms with Crippen LogP contribution in [-0.2, 0) is 16.6 Å². The van der Waals surface area contributed by atoms with Crippen molar-refractivity contribution in [2.45, 2.75) is 81.3 Å². The minimum atomic E-state index is -0.678. The van der Waals surface area contributed by atoms with Gasteiger partial charge in [-0.25, -0.2) is 4.39 Å². The van der Waals surface area contributed by atoms with Gasteiger partial charge in [0, 0.05) is 49.1 Å². The van der Waals surface area contributed by atoms with E-state index in [1.54, 1.807) is 0 Å². The Morgan fingerprint density at radius 1 is 1.08 bits per heavy atom. The Kier molecular flexibility index (Phi) is 6.81. The molecule has 2 aliphatic carbocycles. The molecule has 0 radical (unpaired) electrons. The van der Waals surface area contributed by atoms with E-state index in [4.69, 9.17) is 11.6 Å². The standard InChI is InChI=1S/C30H37ClFN3O/c31-28-13-12-24-26(34-28)7-4-15-30(24)19-33-18-25(30)29(36)35-16-14-22(20-5-2-1-3-6-20)17-27(35)21-8-10-23(32)11-9-21/h1-3,5-6,12-13,21-23,25,27,33H,4,7-11,14-19H2/p+1/t21?,22-,23?,25?,27?,30-/m0/s1. The van der Waals surface area contributed by atoms with Crippen molar-refractivity contribution in [3.63, 3.8) is 0 Å². The number of fused-ring (bicyclic) bond motifs is 2. The number of benzene rings is 1. The van der Waals surface area contributed by atoms with E-state index in [9.17, 15) is 9.18 Å². The van der Waals surface area contributed by atoms with Crippen molar-refractivity contribution < 1.29 is 14.2 Å². The number of nitrogens with one attached hydrogen (secondary N) is 2. The summed E-state index contributed by atoms with van der Waals surface area (Å²) in [6, 6.07) is 15.1. The fourth-order valence-electron chi connectivity index (χ4n) is 7.93. The van der Waals surface area contributed by atoms with Crippen LogP contribution in [0.3, 0.4) is 0 Å². The highest BCUT2D eigenvalue weighted by Crippen LogP contribution is 2.47. The van der Waals surface area contributed by atoms with Crippen LogP contribution in [0.2, 0.25) is 5.15 Å². The van der Waals surface area contributed by atoms with Crippen molar-refractivity contribution >= 4 is 17.5 Å². The fraction of sp³-hybridized carbons (Fsp3) is 0.600. The van der Waals surface area contributed by atoms with E-state index < -0.39 is 6.17 Å². The number of piperidine rings is 1. The number of carbonyl (C=O) groups excluding carboxylic acids is 1. The maximum atomic E-state index is 14.5. The number of nitrogens with zero attached hydrogens (tertiary/aromatic N) is 1. The lowest BCUT2D eigenvalue weighted by Gasteiger charge is -2.47. The number of amides is 1. The normalized spacial score (nSPS) is 34.5. The Hall–Kier alpha value is -1.98. The number of carbonyl (C=O) groups is 1. The van der Waals surface area contributed by atoms with Gasteiger partial charge in [-0.3, -0.25) is 4.79 Å². The van der Waals surface area contributed by atoms with Crippen LogP contribution < -0.4 is 10.3 Å². The van der Waals surface area contributed by atoms with Gasteiger partial charge in [0.1, 0.15) is 6.17 Å². The zero-order valence-electron chi connectivity index (χ0n) is 21.0. The zero-order valence-corrected chi connectivity index (χ0v) is 21.8. The Balaban J connectivity index is 1.30. The molecule has 1 aromatic heterocycles. The van der Waals surface area contributed by atoms with Crippen LogP contribution in [0.15, 0.2) is 42.5 Å². The predicted octanol–water partition coefficient (Wildman–Crippen LogP) is 5.25. The molecule has 1 aromatic carbocycles. The van der Waals surface area contributed by atoms with Gasteiger partial charge in [-0.15, -0.1) is 0 Å². The second-order valence-electron chi connectivity index (χ2n) is 11.6. The molecule has 6 rings (SSSR count). The minimum absolute atomic E-state index is 0.0700. The van der Waals surface area contributed by atoms with Crippen molar-refractivity contribution in [3.05, 3.63) is 64.4 Å². The number of H-pyrrole nitrogens is 1. The molecular formula is C30H38ClFN3O+. The van der Waals surface area contributed by atoms with E-state index in [1.807, 2.05) is 6.07 Å². The first-order valence-corrected chi connectivity index (χ1v) is 14.3. The van der Waals surface area contributed by atoms with Crippen molar-refractivity contribution in [2.24, 2.45) is 11.8 Å². The van der Waals surface area contributed by atoms with Gasteiger partial charge in [-0.05, 0) is 86.4 Å². The summed E-state index contributed by atoms with van der Waals surface area (Å²) in [6.07, 6.45) is 7.44. The summed E-state index contributed by atoms with van der Waals surface area (Å²) >= 11 is 6.30. The summed E-state index contributed by atoms with van der Waals surface area (Å²) in [4.78, 5) is 20.1.